The van der Waals surface area contributed by atoms with Crippen LogP contribution in [0.3, 0.4) is 0 Å². The predicted molar refractivity (Wildman–Crippen MR) is 62.0 cm³/mol. The molecular formula is C12H26O3. The van der Waals surface area contributed by atoms with Gasteiger partial charge in [-0.25, -0.2) is 0 Å². The van der Waals surface area contributed by atoms with E-state index in [4.69, 9.17) is 9.47 Å². The summed E-state index contributed by atoms with van der Waals surface area (Å²) in [6.07, 6.45) is 2.40. The van der Waals surface area contributed by atoms with Gasteiger partial charge in [-0.1, -0.05) is 20.8 Å². The van der Waals surface area contributed by atoms with Crippen LogP contribution < -0.4 is 0 Å². The summed E-state index contributed by atoms with van der Waals surface area (Å²) < 4.78 is 10.1. The summed E-state index contributed by atoms with van der Waals surface area (Å²) >= 11 is 0. The van der Waals surface area contributed by atoms with Crippen LogP contribution >= 0.6 is 0 Å². The third-order valence-electron chi connectivity index (χ3n) is 2.25. The fraction of sp³-hybridized carbons (Fsp3) is 1.00. The molecule has 0 heterocycles. The highest BCUT2D eigenvalue weighted by atomic mass is 16.5. The van der Waals surface area contributed by atoms with E-state index in [1.54, 1.807) is 7.11 Å². The Balaban J connectivity index is 3.30. The molecular weight excluding hydrogens is 192 g/mol. The second-order valence-corrected chi connectivity index (χ2v) is 5.15. The smallest absolute Gasteiger partial charge is 0.0700 e. The number of aliphatic hydroxyl groups is 1. The first kappa shape index (κ1) is 14.9. The molecule has 0 aliphatic carbocycles. The van der Waals surface area contributed by atoms with Crippen molar-refractivity contribution in [1.82, 2.24) is 0 Å². The van der Waals surface area contributed by atoms with E-state index in [1.807, 2.05) is 0 Å². The molecule has 15 heavy (non-hydrogen) atoms. The van der Waals surface area contributed by atoms with Crippen LogP contribution in [0.15, 0.2) is 0 Å². The highest BCUT2D eigenvalue weighted by Gasteiger charge is 2.13. The van der Waals surface area contributed by atoms with E-state index in [0.717, 1.165) is 19.3 Å². The van der Waals surface area contributed by atoms with Crippen LogP contribution in [0, 0.1) is 5.41 Å². The Hall–Kier alpha value is -0.120. The van der Waals surface area contributed by atoms with Crippen molar-refractivity contribution in [2.45, 2.75) is 46.1 Å². The third kappa shape index (κ3) is 11.8. The van der Waals surface area contributed by atoms with Crippen LogP contribution in [0.1, 0.15) is 40.0 Å². The van der Waals surface area contributed by atoms with Gasteiger partial charge in [0.05, 0.1) is 19.3 Å². The van der Waals surface area contributed by atoms with Gasteiger partial charge in [0.2, 0.25) is 0 Å². The van der Waals surface area contributed by atoms with Gasteiger partial charge in [0.15, 0.2) is 0 Å². The summed E-state index contributed by atoms with van der Waals surface area (Å²) in [6, 6.07) is 0. The van der Waals surface area contributed by atoms with Crippen LogP contribution in [0.4, 0.5) is 0 Å². The van der Waals surface area contributed by atoms with E-state index in [9.17, 15) is 5.11 Å². The normalized spacial score (nSPS) is 14.2. The fourth-order valence-electron chi connectivity index (χ4n) is 1.21. The maximum absolute atomic E-state index is 9.66. The lowest BCUT2D eigenvalue weighted by Crippen LogP contribution is -2.15. The van der Waals surface area contributed by atoms with Crippen molar-refractivity contribution < 1.29 is 14.6 Å². The van der Waals surface area contributed by atoms with Gasteiger partial charge >= 0.3 is 0 Å². The topological polar surface area (TPSA) is 38.7 Å². The summed E-state index contributed by atoms with van der Waals surface area (Å²) in [5, 5.41) is 9.66. The van der Waals surface area contributed by atoms with Crippen molar-refractivity contribution >= 4 is 0 Å². The van der Waals surface area contributed by atoms with Crippen LogP contribution in [0.2, 0.25) is 0 Å². The summed E-state index contributed by atoms with van der Waals surface area (Å²) in [7, 11) is 1.65. The second kappa shape index (κ2) is 8.08. The van der Waals surface area contributed by atoms with Gasteiger partial charge in [0.25, 0.3) is 0 Å². The van der Waals surface area contributed by atoms with Gasteiger partial charge in [-0.05, 0) is 24.7 Å². The van der Waals surface area contributed by atoms with Crippen molar-refractivity contribution in [3.8, 4) is 0 Å². The number of methoxy groups -OCH3 is 1. The SMILES string of the molecule is COCCOCCC(O)CCC(C)(C)C. The molecule has 0 spiro atoms. The maximum Gasteiger partial charge on any atom is 0.0700 e. The average molecular weight is 218 g/mol. The summed E-state index contributed by atoms with van der Waals surface area (Å²) in [5.74, 6) is 0. The van der Waals surface area contributed by atoms with Crippen molar-refractivity contribution in [2.24, 2.45) is 5.41 Å². The minimum Gasteiger partial charge on any atom is -0.393 e. The minimum absolute atomic E-state index is 0.230. The standard InChI is InChI=1S/C12H26O3/c1-12(2,3)7-5-11(13)6-8-15-10-9-14-4/h11,13H,5-10H2,1-4H3. The number of aliphatic hydroxyl groups excluding tert-OH is 1. The van der Waals surface area contributed by atoms with Gasteiger partial charge < -0.3 is 14.6 Å². The molecule has 0 aromatic carbocycles. The molecule has 1 atom stereocenters. The predicted octanol–water partition coefficient (Wildman–Crippen LogP) is 2.23. The Kier molecular flexibility index (Phi) is 8.02. The van der Waals surface area contributed by atoms with Crippen LogP contribution in [0.25, 0.3) is 0 Å². The molecule has 0 amide bonds. The lowest BCUT2D eigenvalue weighted by molar-refractivity contribution is 0.0434. The minimum atomic E-state index is -0.230. The van der Waals surface area contributed by atoms with E-state index in [-0.39, 0.29) is 6.10 Å². The summed E-state index contributed by atoms with van der Waals surface area (Å²) in [5.41, 5.74) is 0.303. The summed E-state index contributed by atoms with van der Waals surface area (Å²) in [4.78, 5) is 0. The molecule has 0 bridgehead atoms. The third-order valence-corrected chi connectivity index (χ3v) is 2.25. The Morgan fingerprint density at radius 3 is 2.27 bits per heavy atom. The monoisotopic (exact) mass is 218 g/mol. The van der Waals surface area contributed by atoms with Gasteiger partial charge in [0, 0.05) is 13.7 Å². The van der Waals surface area contributed by atoms with Crippen LogP contribution in [-0.2, 0) is 9.47 Å². The van der Waals surface area contributed by atoms with Crippen molar-refractivity contribution in [2.75, 3.05) is 26.9 Å². The van der Waals surface area contributed by atoms with E-state index in [0.29, 0.717) is 25.2 Å². The highest BCUT2D eigenvalue weighted by Crippen LogP contribution is 2.22. The lowest BCUT2D eigenvalue weighted by atomic mass is 9.89. The van der Waals surface area contributed by atoms with Gasteiger partial charge in [-0.3, -0.25) is 0 Å². The van der Waals surface area contributed by atoms with Crippen LogP contribution in [-0.4, -0.2) is 38.1 Å². The molecule has 0 aliphatic rings. The molecule has 1 unspecified atom stereocenters. The van der Waals surface area contributed by atoms with Crippen molar-refractivity contribution in [3.63, 3.8) is 0 Å². The van der Waals surface area contributed by atoms with Gasteiger partial charge in [0.1, 0.15) is 0 Å². The van der Waals surface area contributed by atoms with Crippen molar-refractivity contribution in [3.05, 3.63) is 0 Å². The zero-order valence-corrected chi connectivity index (χ0v) is 10.6. The molecule has 0 saturated carbocycles. The Morgan fingerprint density at radius 1 is 1.07 bits per heavy atom. The molecule has 0 aromatic rings. The van der Waals surface area contributed by atoms with E-state index in [2.05, 4.69) is 20.8 Å². The molecule has 1 N–H and O–H groups in total. The van der Waals surface area contributed by atoms with E-state index < -0.39 is 0 Å². The Morgan fingerprint density at radius 2 is 1.73 bits per heavy atom. The van der Waals surface area contributed by atoms with Gasteiger partial charge in [-0.15, -0.1) is 0 Å². The highest BCUT2D eigenvalue weighted by molar-refractivity contribution is 4.65. The largest absolute Gasteiger partial charge is 0.393 e. The quantitative estimate of drug-likeness (QED) is 0.635. The second-order valence-electron chi connectivity index (χ2n) is 5.15. The fourth-order valence-corrected chi connectivity index (χ4v) is 1.21. The molecule has 0 fully saturated rings. The number of hydrogen-bond donors (Lipinski definition) is 1. The molecule has 0 radical (unpaired) electrons. The molecule has 0 aliphatic heterocycles. The first-order chi connectivity index (χ1) is 6.95. The van der Waals surface area contributed by atoms with E-state index in [1.165, 1.54) is 0 Å². The van der Waals surface area contributed by atoms with Crippen LogP contribution in [0.5, 0.6) is 0 Å². The molecule has 0 saturated heterocycles. The Bertz CT molecular complexity index is 140. The molecule has 0 rings (SSSR count). The number of hydrogen-bond acceptors (Lipinski definition) is 3. The average Bonchev–Trinajstić information content (AvgIpc) is 2.13. The number of ether oxygens (including phenoxy) is 2. The zero-order valence-electron chi connectivity index (χ0n) is 10.6. The van der Waals surface area contributed by atoms with Gasteiger partial charge in [-0.2, -0.15) is 0 Å². The molecule has 0 aromatic heterocycles. The molecule has 3 heteroatoms. The van der Waals surface area contributed by atoms with Crippen molar-refractivity contribution in [1.29, 1.82) is 0 Å². The zero-order chi connectivity index (χ0) is 11.7. The Labute approximate surface area is 93.8 Å². The first-order valence-corrected chi connectivity index (χ1v) is 5.70. The maximum atomic E-state index is 9.66. The summed E-state index contributed by atoms with van der Waals surface area (Å²) in [6.45, 7) is 8.42. The number of rotatable bonds is 8. The molecule has 92 valence electrons. The molecule has 3 nitrogen and oxygen atoms in total. The first-order valence-electron chi connectivity index (χ1n) is 5.70. The van der Waals surface area contributed by atoms with E-state index >= 15 is 0 Å². The lowest BCUT2D eigenvalue weighted by Gasteiger charge is -2.20.